The molecular weight excluding hydrogens is 152 g/mol. The molecule has 0 aromatic carbocycles. The van der Waals surface area contributed by atoms with Crippen molar-refractivity contribution < 1.29 is 5.11 Å². The lowest BCUT2D eigenvalue weighted by Gasteiger charge is -2.35. The molecule has 2 unspecified atom stereocenters. The molecule has 0 bridgehead atoms. The summed E-state index contributed by atoms with van der Waals surface area (Å²) >= 11 is 0. The number of hydrogen-bond acceptors (Lipinski definition) is 3. The van der Waals surface area contributed by atoms with Crippen LogP contribution >= 0.6 is 0 Å². The van der Waals surface area contributed by atoms with Crippen molar-refractivity contribution in [3.63, 3.8) is 0 Å². The number of nitrogens with zero attached hydrogens (tertiary/aromatic N) is 1. The van der Waals surface area contributed by atoms with Gasteiger partial charge in [-0.15, -0.1) is 0 Å². The quantitative estimate of drug-likeness (QED) is 0.603. The van der Waals surface area contributed by atoms with E-state index in [0.717, 1.165) is 25.6 Å². The predicted molar refractivity (Wildman–Crippen MR) is 47.8 cm³/mol. The van der Waals surface area contributed by atoms with Crippen LogP contribution in [0, 0.1) is 5.92 Å². The van der Waals surface area contributed by atoms with Crippen molar-refractivity contribution in [1.82, 2.24) is 4.90 Å². The van der Waals surface area contributed by atoms with Crippen LogP contribution in [0.15, 0.2) is 0 Å². The summed E-state index contributed by atoms with van der Waals surface area (Å²) in [5.41, 5.74) is 5.55. The Morgan fingerprint density at radius 3 is 2.58 bits per heavy atom. The molecule has 2 atom stereocenters. The summed E-state index contributed by atoms with van der Waals surface area (Å²) in [4.78, 5) is 2.41. The SMILES string of the molecule is NCC1CCN(C2CC2)CC1O. The van der Waals surface area contributed by atoms with Crippen molar-refractivity contribution in [2.24, 2.45) is 11.7 Å². The molecule has 3 N–H and O–H groups in total. The van der Waals surface area contributed by atoms with Gasteiger partial charge in [-0.1, -0.05) is 0 Å². The molecule has 2 rings (SSSR count). The molecule has 0 aromatic heterocycles. The molecule has 1 heterocycles. The average Bonchev–Trinajstić information content (AvgIpc) is 2.86. The Hall–Kier alpha value is -0.120. The summed E-state index contributed by atoms with van der Waals surface area (Å²) in [5, 5.41) is 9.69. The Kier molecular flexibility index (Phi) is 2.35. The van der Waals surface area contributed by atoms with E-state index in [4.69, 9.17) is 5.73 Å². The number of β-amino-alcohol motifs (C(OH)–C–C–N with tert-alkyl or cyclic N) is 1. The molecule has 70 valence electrons. The lowest BCUT2D eigenvalue weighted by Crippen LogP contribution is -2.46. The summed E-state index contributed by atoms with van der Waals surface area (Å²) in [6, 6.07) is 0.790. The Labute approximate surface area is 73.5 Å². The second kappa shape index (κ2) is 3.32. The van der Waals surface area contributed by atoms with Gasteiger partial charge in [0.25, 0.3) is 0 Å². The number of nitrogens with two attached hydrogens (primary N) is 1. The zero-order chi connectivity index (χ0) is 8.55. The van der Waals surface area contributed by atoms with Gasteiger partial charge in [0.05, 0.1) is 6.10 Å². The summed E-state index contributed by atoms with van der Waals surface area (Å²) in [6.45, 7) is 2.63. The van der Waals surface area contributed by atoms with E-state index in [1.807, 2.05) is 0 Å². The highest BCUT2D eigenvalue weighted by molar-refractivity contribution is 4.90. The van der Waals surface area contributed by atoms with E-state index in [-0.39, 0.29) is 6.10 Å². The number of rotatable bonds is 2. The van der Waals surface area contributed by atoms with Gasteiger partial charge in [-0.25, -0.2) is 0 Å². The highest BCUT2D eigenvalue weighted by Gasteiger charge is 2.35. The molecular formula is C9H18N2O. The predicted octanol–water partition coefficient (Wildman–Crippen LogP) is -0.210. The first-order chi connectivity index (χ1) is 5.81. The normalized spacial score (nSPS) is 38.5. The zero-order valence-electron chi connectivity index (χ0n) is 7.45. The van der Waals surface area contributed by atoms with Gasteiger partial charge < -0.3 is 10.8 Å². The minimum absolute atomic E-state index is 0.177. The van der Waals surface area contributed by atoms with Crippen molar-refractivity contribution >= 4 is 0 Å². The molecule has 2 fully saturated rings. The third kappa shape index (κ3) is 1.63. The van der Waals surface area contributed by atoms with Crippen molar-refractivity contribution in [1.29, 1.82) is 0 Å². The van der Waals surface area contributed by atoms with Gasteiger partial charge in [-0.05, 0) is 38.3 Å². The number of likely N-dealkylation sites (tertiary alicyclic amines) is 1. The Morgan fingerprint density at radius 2 is 2.08 bits per heavy atom. The second-order valence-electron chi connectivity index (χ2n) is 4.08. The molecule has 1 aliphatic carbocycles. The van der Waals surface area contributed by atoms with Crippen LogP contribution in [0.25, 0.3) is 0 Å². The van der Waals surface area contributed by atoms with E-state index in [2.05, 4.69) is 4.90 Å². The van der Waals surface area contributed by atoms with Gasteiger partial charge in [0, 0.05) is 12.6 Å². The lowest BCUT2D eigenvalue weighted by molar-refractivity contribution is 0.0220. The Balaban J connectivity index is 1.84. The highest BCUT2D eigenvalue weighted by Crippen LogP contribution is 2.30. The summed E-state index contributed by atoms with van der Waals surface area (Å²) < 4.78 is 0. The molecule has 0 radical (unpaired) electrons. The van der Waals surface area contributed by atoms with Crippen LogP contribution in [0.3, 0.4) is 0 Å². The fourth-order valence-corrected chi connectivity index (χ4v) is 2.05. The molecule has 2 aliphatic rings. The van der Waals surface area contributed by atoms with Gasteiger partial charge in [-0.2, -0.15) is 0 Å². The molecule has 1 aliphatic heterocycles. The van der Waals surface area contributed by atoms with Crippen LogP contribution < -0.4 is 5.73 Å². The fraction of sp³-hybridized carbons (Fsp3) is 1.00. The number of aliphatic hydroxyl groups is 1. The fourth-order valence-electron chi connectivity index (χ4n) is 2.05. The number of piperidine rings is 1. The van der Waals surface area contributed by atoms with Crippen molar-refractivity contribution in [2.75, 3.05) is 19.6 Å². The summed E-state index contributed by atoms with van der Waals surface area (Å²) in [5.74, 6) is 0.347. The van der Waals surface area contributed by atoms with E-state index in [9.17, 15) is 5.11 Å². The summed E-state index contributed by atoms with van der Waals surface area (Å²) in [6.07, 6.45) is 3.57. The van der Waals surface area contributed by atoms with E-state index in [1.54, 1.807) is 0 Å². The average molecular weight is 170 g/mol. The maximum Gasteiger partial charge on any atom is 0.0707 e. The maximum atomic E-state index is 9.69. The topological polar surface area (TPSA) is 49.5 Å². The van der Waals surface area contributed by atoms with E-state index < -0.39 is 0 Å². The number of aliphatic hydroxyl groups excluding tert-OH is 1. The van der Waals surface area contributed by atoms with Crippen LogP contribution in [0.4, 0.5) is 0 Å². The first-order valence-corrected chi connectivity index (χ1v) is 4.93. The van der Waals surface area contributed by atoms with Crippen molar-refractivity contribution in [3.05, 3.63) is 0 Å². The van der Waals surface area contributed by atoms with Crippen LogP contribution in [0.2, 0.25) is 0 Å². The van der Waals surface area contributed by atoms with E-state index in [0.29, 0.717) is 12.5 Å². The van der Waals surface area contributed by atoms with E-state index >= 15 is 0 Å². The van der Waals surface area contributed by atoms with Gasteiger partial charge >= 0.3 is 0 Å². The highest BCUT2D eigenvalue weighted by atomic mass is 16.3. The standard InChI is InChI=1S/C9H18N2O/c10-5-7-3-4-11(6-9(7)12)8-1-2-8/h7-9,12H,1-6,10H2. The maximum absolute atomic E-state index is 9.69. The van der Waals surface area contributed by atoms with Gasteiger partial charge in [0.15, 0.2) is 0 Å². The molecule has 0 amide bonds. The van der Waals surface area contributed by atoms with Gasteiger partial charge in [0.2, 0.25) is 0 Å². The van der Waals surface area contributed by atoms with Crippen molar-refractivity contribution in [2.45, 2.75) is 31.4 Å². The third-order valence-corrected chi connectivity index (χ3v) is 3.12. The molecule has 3 heteroatoms. The first-order valence-electron chi connectivity index (χ1n) is 4.93. The van der Waals surface area contributed by atoms with Gasteiger partial charge in [0.1, 0.15) is 0 Å². The van der Waals surface area contributed by atoms with Crippen LogP contribution in [0.1, 0.15) is 19.3 Å². The Bertz CT molecular complexity index is 159. The minimum atomic E-state index is -0.177. The second-order valence-corrected chi connectivity index (χ2v) is 4.08. The first kappa shape index (κ1) is 8.48. The largest absolute Gasteiger partial charge is 0.391 e. The number of hydrogen-bond donors (Lipinski definition) is 2. The van der Waals surface area contributed by atoms with E-state index in [1.165, 1.54) is 12.8 Å². The molecule has 3 nitrogen and oxygen atoms in total. The van der Waals surface area contributed by atoms with Gasteiger partial charge in [-0.3, -0.25) is 4.90 Å². The Morgan fingerprint density at radius 1 is 1.33 bits per heavy atom. The van der Waals surface area contributed by atoms with Crippen LogP contribution in [-0.2, 0) is 0 Å². The van der Waals surface area contributed by atoms with Crippen molar-refractivity contribution in [3.8, 4) is 0 Å². The monoisotopic (exact) mass is 170 g/mol. The third-order valence-electron chi connectivity index (χ3n) is 3.12. The van der Waals surface area contributed by atoms with Crippen LogP contribution in [-0.4, -0.2) is 41.8 Å². The summed E-state index contributed by atoms with van der Waals surface area (Å²) in [7, 11) is 0. The molecule has 0 spiro atoms. The molecule has 12 heavy (non-hydrogen) atoms. The molecule has 1 saturated carbocycles. The van der Waals surface area contributed by atoms with Crippen LogP contribution in [0.5, 0.6) is 0 Å². The lowest BCUT2D eigenvalue weighted by atomic mass is 9.94. The smallest absolute Gasteiger partial charge is 0.0707 e. The molecule has 1 saturated heterocycles. The minimum Gasteiger partial charge on any atom is -0.391 e. The zero-order valence-corrected chi connectivity index (χ0v) is 7.45. The molecule has 0 aromatic rings.